The lowest BCUT2D eigenvalue weighted by Gasteiger charge is -2.23. The lowest BCUT2D eigenvalue weighted by Crippen LogP contribution is -2.31. The number of hydrogen-bond donors (Lipinski definition) is 0. The van der Waals surface area contributed by atoms with Crippen LogP contribution in [0.4, 0.5) is 0 Å². The fourth-order valence-electron chi connectivity index (χ4n) is 1.25. The summed E-state index contributed by atoms with van der Waals surface area (Å²) >= 11 is 0. The molecule has 0 heterocycles. The molecule has 0 radical (unpaired) electrons. The van der Waals surface area contributed by atoms with Crippen LogP contribution in [0.5, 0.6) is 0 Å². The van der Waals surface area contributed by atoms with E-state index >= 15 is 0 Å². The topological polar surface area (TPSA) is 23.6 Å². The number of allylic oxidation sites excluding steroid dienone is 1. The van der Waals surface area contributed by atoms with Gasteiger partial charge in [-0.3, -0.25) is 4.79 Å². The van der Waals surface area contributed by atoms with Gasteiger partial charge in [-0.25, -0.2) is 0 Å². The Balaban J connectivity index is 4.39. The molecule has 0 aromatic carbocycles. The first-order valence-electron chi connectivity index (χ1n) is 5.62. The third-order valence-corrected chi connectivity index (χ3v) is 2.01. The fraction of sp³-hybridized carbons (Fsp3) is 0.615. The summed E-state index contributed by atoms with van der Waals surface area (Å²) in [5, 5.41) is 0. The Kier molecular flexibility index (Phi) is 6.74. The maximum absolute atomic E-state index is 11.9. The molecule has 0 spiro atoms. The predicted octanol–water partition coefficient (Wildman–Crippen LogP) is 2.12. The first-order chi connectivity index (χ1) is 7.34. The summed E-state index contributed by atoms with van der Waals surface area (Å²) < 4.78 is 0. The Hall–Kier alpha value is -1.09. The highest BCUT2D eigenvalue weighted by Gasteiger charge is 2.12. The van der Waals surface area contributed by atoms with E-state index in [-0.39, 0.29) is 5.91 Å². The first kappa shape index (κ1) is 14.9. The highest BCUT2D eigenvalue weighted by atomic mass is 16.2. The number of carbonyl (C=O) groups excluding carboxylic acids is 1. The SMILES string of the molecule is C=C(C)N(CC(C)C)C(=O)/C=C/CN(C)C. The minimum absolute atomic E-state index is 0.0167. The summed E-state index contributed by atoms with van der Waals surface area (Å²) in [6, 6.07) is 0. The fourth-order valence-corrected chi connectivity index (χ4v) is 1.25. The van der Waals surface area contributed by atoms with Crippen molar-refractivity contribution in [3.8, 4) is 0 Å². The highest BCUT2D eigenvalue weighted by Crippen LogP contribution is 2.06. The zero-order valence-corrected chi connectivity index (χ0v) is 11.2. The molecule has 3 heteroatoms. The lowest BCUT2D eigenvalue weighted by molar-refractivity contribution is -0.124. The zero-order valence-electron chi connectivity index (χ0n) is 11.2. The van der Waals surface area contributed by atoms with E-state index in [1.54, 1.807) is 11.0 Å². The van der Waals surface area contributed by atoms with Crippen LogP contribution in [0.25, 0.3) is 0 Å². The Labute approximate surface area is 99.4 Å². The van der Waals surface area contributed by atoms with Crippen molar-refractivity contribution in [1.29, 1.82) is 0 Å². The molecule has 0 aliphatic carbocycles. The first-order valence-corrected chi connectivity index (χ1v) is 5.62. The van der Waals surface area contributed by atoms with Gasteiger partial charge in [-0.2, -0.15) is 0 Å². The maximum Gasteiger partial charge on any atom is 0.250 e. The van der Waals surface area contributed by atoms with Gasteiger partial charge < -0.3 is 9.80 Å². The third kappa shape index (κ3) is 6.40. The maximum atomic E-state index is 11.9. The Morgan fingerprint density at radius 1 is 1.38 bits per heavy atom. The van der Waals surface area contributed by atoms with E-state index in [0.29, 0.717) is 5.92 Å². The van der Waals surface area contributed by atoms with Gasteiger partial charge in [-0.1, -0.05) is 26.5 Å². The summed E-state index contributed by atoms with van der Waals surface area (Å²) in [5.74, 6) is 0.464. The second kappa shape index (κ2) is 7.23. The van der Waals surface area contributed by atoms with Gasteiger partial charge in [0.05, 0.1) is 0 Å². The molecule has 92 valence electrons. The molecule has 0 aliphatic rings. The van der Waals surface area contributed by atoms with E-state index in [0.717, 1.165) is 18.8 Å². The molecule has 0 aliphatic heterocycles. The van der Waals surface area contributed by atoms with Crippen LogP contribution in [-0.2, 0) is 4.79 Å². The van der Waals surface area contributed by atoms with Crippen LogP contribution in [0.15, 0.2) is 24.4 Å². The molecule has 0 unspecified atom stereocenters. The molecular formula is C13H24N2O. The quantitative estimate of drug-likeness (QED) is 0.645. The van der Waals surface area contributed by atoms with Gasteiger partial charge in [0.1, 0.15) is 0 Å². The normalized spacial score (nSPS) is 11.4. The highest BCUT2D eigenvalue weighted by molar-refractivity contribution is 5.88. The summed E-state index contributed by atoms with van der Waals surface area (Å²) in [6.45, 7) is 11.4. The van der Waals surface area contributed by atoms with Gasteiger partial charge in [-0.05, 0) is 26.9 Å². The van der Waals surface area contributed by atoms with E-state index in [1.165, 1.54) is 0 Å². The molecule has 16 heavy (non-hydrogen) atoms. The van der Waals surface area contributed by atoms with Crippen LogP contribution in [0.1, 0.15) is 20.8 Å². The third-order valence-electron chi connectivity index (χ3n) is 2.01. The lowest BCUT2D eigenvalue weighted by atomic mass is 10.2. The monoisotopic (exact) mass is 224 g/mol. The Bertz CT molecular complexity index is 267. The van der Waals surface area contributed by atoms with Crippen molar-refractivity contribution in [1.82, 2.24) is 9.80 Å². The second-order valence-electron chi connectivity index (χ2n) is 4.74. The molecular weight excluding hydrogens is 200 g/mol. The molecule has 0 rings (SSSR count). The minimum atomic E-state index is 0.0167. The number of carbonyl (C=O) groups is 1. The number of likely N-dealkylation sites (N-methyl/N-ethyl adjacent to an activating group) is 1. The van der Waals surface area contributed by atoms with Crippen LogP contribution < -0.4 is 0 Å². The molecule has 3 nitrogen and oxygen atoms in total. The van der Waals surface area contributed by atoms with Gasteiger partial charge in [0, 0.05) is 24.9 Å². The smallest absolute Gasteiger partial charge is 0.250 e. The summed E-state index contributed by atoms with van der Waals surface area (Å²) in [5.41, 5.74) is 0.799. The molecule has 0 saturated carbocycles. The molecule has 0 N–H and O–H groups in total. The molecule has 1 amide bonds. The average Bonchev–Trinajstić information content (AvgIpc) is 2.12. The van der Waals surface area contributed by atoms with Crippen LogP contribution in [0.3, 0.4) is 0 Å². The Morgan fingerprint density at radius 2 is 1.94 bits per heavy atom. The average molecular weight is 224 g/mol. The molecule has 0 atom stereocenters. The van der Waals surface area contributed by atoms with E-state index < -0.39 is 0 Å². The second-order valence-corrected chi connectivity index (χ2v) is 4.74. The van der Waals surface area contributed by atoms with Crippen LogP contribution in [0.2, 0.25) is 0 Å². The van der Waals surface area contributed by atoms with Crippen molar-refractivity contribution in [2.75, 3.05) is 27.2 Å². The van der Waals surface area contributed by atoms with Crippen molar-refractivity contribution in [2.45, 2.75) is 20.8 Å². The van der Waals surface area contributed by atoms with Crippen LogP contribution >= 0.6 is 0 Å². The summed E-state index contributed by atoms with van der Waals surface area (Å²) in [7, 11) is 3.94. The van der Waals surface area contributed by atoms with Crippen molar-refractivity contribution >= 4 is 5.91 Å². The number of amides is 1. The molecule has 0 aromatic rings. The summed E-state index contributed by atoms with van der Waals surface area (Å²) in [6.07, 6.45) is 3.50. The molecule has 0 fully saturated rings. The van der Waals surface area contributed by atoms with Gasteiger partial charge >= 0.3 is 0 Å². The molecule has 0 bridgehead atoms. The molecule has 0 saturated heterocycles. The van der Waals surface area contributed by atoms with Crippen LogP contribution in [0, 0.1) is 5.92 Å². The van der Waals surface area contributed by atoms with Gasteiger partial charge in [0.25, 0.3) is 0 Å². The van der Waals surface area contributed by atoms with Crippen molar-refractivity contribution < 1.29 is 4.79 Å². The van der Waals surface area contributed by atoms with Crippen molar-refractivity contribution in [3.63, 3.8) is 0 Å². The van der Waals surface area contributed by atoms with E-state index in [2.05, 4.69) is 20.4 Å². The van der Waals surface area contributed by atoms with Gasteiger partial charge in [0.15, 0.2) is 0 Å². The number of nitrogens with zero attached hydrogens (tertiary/aromatic N) is 2. The zero-order chi connectivity index (χ0) is 12.7. The van der Waals surface area contributed by atoms with E-state index in [1.807, 2.05) is 32.0 Å². The standard InChI is InChI=1S/C13H24N2O/c1-11(2)10-15(12(3)4)13(16)8-7-9-14(5)6/h7-8,11H,3,9-10H2,1-2,4-6H3/b8-7+. The predicted molar refractivity (Wildman–Crippen MR) is 69.1 cm³/mol. The number of hydrogen-bond acceptors (Lipinski definition) is 2. The summed E-state index contributed by atoms with van der Waals surface area (Å²) in [4.78, 5) is 15.6. The van der Waals surface area contributed by atoms with Crippen molar-refractivity contribution in [2.24, 2.45) is 5.92 Å². The minimum Gasteiger partial charge on any atom is -0.313 e. The van der Waals surface area contributed by atoms with Crippen LogP contribution in [-0.4, -0.2) is 42.9 Å². The molecule has 0 aromatic heterocycles. The van der Waals surface area contributed by atoms with E-state index in [9.17, 15) is 4.79 Å². The van der Waals surface area contributed by atoms with Gasteiger partial charge in [-0.15, -0.1) is 0 Å². The number of rotatable bonds is 6. The largest absolute Gasteiger partial charge is 0.313 e. The Morgan fingerprint density at radius 3 is 2.31 bits per heavy atom. The van der Waals surface area contributed by atoms with Crippen molar-refractivity contribution in [3.05, 3.63) is 24.4 Å². The van der Waals surface area contributed by atoms with Gasteiger partial charge in [0.2, 0.25) is 5.91 Å². The van der Waals surface area contributed by atoms with E-state index in [4.69, 9.17) is 0 Å².